The lowest BCUT2D eigenvalue weighted by Gasteiger charge is -2.22. The Morgan fingerprint density at radius 3 is 3.19 bits per heavy atom. The number of aryl methyl sites for hydroxylation is 1. The van der Waals surface area contributed by atoms with E-state index < -0.39 is 5.82 Å². The molecule has 1 aliphatic carbocycles. The lowest BCUT2D eigenvalue weighted by atomic mass is 9.93. The van der Waals surface area contributed by atoms with Crippen molar-refractivity contribution in [2.45, 2.75) is 31.7 Å². The van der Waals surface area contributed by atoms with Crippen molar-refractivity contribution >= 4 is 17.5 Å². The number of carbonyl (C=O) groups is 1. The largest absolute Gasteiger partial charge is 0.353 e. The van der Waals surface area contributed by atoms with Gasteiger partial charge >= 0.3 is 0 Å². The number of aromatic amines is 1. The molecule has 21 heavy (non-hydrogen) atoms. The quantitative estimate of drug-likeness (QED) is 0.915. The van der Waals surface area contributed by atoms with Crippen molar-refractivity contribution in [3.05, 3.63) is 52.1 Å². The molecule has 1 aliphatic rings. The van der Waals surface area contributed by atoms with Gasteiger partial charge in [-0.3, -0.25) is 9.89 Å². The van der Waals surface area contributed by atoms with E-state index in [4.69, 9.17) is 11.6 Å². The molecule has 4 nitrogen and oxygen atoms in total. The summed E-state index contributed by atoms with van der Waals surface area (Å²) in [5.41, 5.74) is 2.93. The third kappa shape index (κ3) is 3.24. The summed E-state index contributed by atoms with van der Waals surface area (Å²) >= 11 is 5.62. The summed E-state index contributed by atoms with van der Waals surface area (Å²) < 4.78 is 13.3. The molecule has 2 N–H and O–H groups in total. The molecule has 6 heteroatoms. The molecule has 1 aromatic heterocycles. The van der Waals surface area contributed by atoms with E-state index in [0.717, 1.165) is 25.0 Å². The summed E-state index contributed by atoms with van der Waals surface area (Å²) in [6.07, 6.45) is 4.56. The number of amides is 1. The van der Waals surface area contributed by atoms with Crippen LogP contribution in [0.3, 0.4) is 0 Å². The van der Waals surface area contributed by atoms with Crippen LogP contribution in [0.2, 0.25) is 5.02 Å². The predicted molar refractivity (Wildman–Crippen MR) is 77.7 cm³/mol. The van der Waals surface area contributed by atoms with Gasteiger partial charge in [-0.2, -0.15) is 5.10 Å². The number of carbonyl (C=O) groups excluding carboxylic acids is 1. The highest BCUT2D eigenvalue weighted by atomic mass is 35.5. The van der Waals surface area contributed by atoms with Crippen molar-refractivity contribution in [1.29, 1.82) is 0 Å². The van der Waals surface area contributed by atoms with E-state index in [9.17, 15) is 9.18 Å². The molecule has 1 unspecified atom stereocenters. The lowest BCUT2D eigenvalue weighted by molar-refractivity contribution is -0.121. The number of hydrogen-bond acceptors (Lipinski definition) is 2. The summed E-state index contributed by atoms with van der Waals surface area (Å²) in [6.45, 7) is 0. The fourth-order valence-electron chi connectivity index (χ4n) is 2.65. The van der Waals surface area contributed by atoms with Crippen LogP contribution in [-0.2, 0) is 24.1 Å². The molecule has 0 radical (unpaired) electrons. The Balaban J connectivity index is 1.58. The van der Waals surface area contributed by atoms with Crippen LogP contribution >= 0.6 is 11.6 Å². The average molecular weight is 308 g/mol. The summed E-state index contributed by atoms with van der Waals surface area (Å²) in [4.78, 5) is 12.0. The van der Waals surface area contributed by atoms with Crippen LogP contribution in [-0.4, -0.2) is 22.1 Å². The Morgan fingerprint density at radius 1 is 1.52 bits per heavy atom. The highest BCUT2D eigenvalue weighted by Gasteiger charge is 2.21. The number of halogens is 2. The highest BCUT2D eigenvalue weighted by Crippen LogP contribution is 2.19. The second-order valence-electron chi connectivity index (χ2n) is 5.31. The molecule has 1 amide bonds. The summed E-state index contributed by atoms with van der Waals surface area (Å²) in [5.74, 6) is -0.605. The van der Waals surface area contributed by atoms with Gasteiger partial charge in [0.25, 0.3) is 0 Å². The topological polar surface area (TPSA) is 57.8 Å². The zero-order chi connectivity index (χ0) is 14.8. The molecule has 110 valence electrons. The fraction of sp³-hybridized carbons (Fsp3) is 0.333. The summed E-state index contributed by atoms with van der Waals surface area (Å²) in [7, 11) is 0. The van der Waals surface area contributed by atoms with E-state index in [2.05, 4.69) is 15.5 Å². The minimum atomic E-state index is -0.498. The van der Waals surface area contributed by atoms with Crippen LogP contribution in [0.5, 0.6) is 0 Å². The first kappa shape index (κ1) is 14.1. The van der Waals surface area contributed by atoms with Crippen molar-refractivity contribution in [2.75, 3.05) is 0 Å². The Bertz CT molecular complexity index is 671. The molecule has 0 fully saturated rings. The second-order valence-corrected chi connectivity index (χ2v) is 5.71. The van der Waals surface area contributed by atoms with Gasteiger partial charge in [0, 0.05) is 18.2 Å². The monoisotopic (exact) mass is 307 g/mol. The van der Waals surface area contributed by atoms with Crippen molar-refractivity contribution in [3.63, 3.8) is 0 Å². The Labute approximate surface area is 126 Å². The molecule has 1 aromatic carbocycles. The van der Waals surface area contributed by atoms with Crippen LogP contribution in [0.4, 0.5) is 4.39 Å². The van der Waals surface area contributed by atoms with Gasteiger partial charge in [0.1, 0.15) is 5.82 Å². The summed E-state index contributed by atoms with van der Waals surface area (Å²) in [5, 5.41) is 10.0. The Kier molecular flexibility index (Phi) is 3.92. The third-order valence-electron chi connectivity index (χ3n) is 3.73. The van der Waals surface area contributed by atoms with Gasteiger partial charge < -0.3 is 5.32 Å². The van der Waals surface area contributed by atoms with Crippen LogP contribution in [0.25, 0.3) is 0 Å². The van der Waals surface area contributed by atoms with Gasteiger partial charge in [0.15, 0.2) is 0 Å². The first-order chi connectivity index (χ1) is 10.1. The minimum Gasteiger partial charge on any atom is -0.353 e. The maximum atomic E-state index is 13.3. The number of aromatic nitrogens is 2. The van der Waals surface area contributed by atoms with Gasteiger partial charge in [-0.15, -0.1) is 0 Å². The normalized spacial score (nSPS) is 17.3. The molecule has 0 saturated carbocycles. The zero-order valence-electron chi connectivity index (χ0n) is 11.3. The second kappa shape index (κ2) is 5.85. The average Bonchev–Trinajstić information content (AvgIpc) is 2.90. The molecule has 0 saturated heterocycles. The van der Waals surface area contributed by atoms with Crippen LogP contribution < -0.4 is 5.32 Å². The predicted octanol–water partition coefficient (Wildman–Crippen LogP) is 2.42. The van der Waals surface area contributed by atoms with Crippen molar-refractivity contribution in [1.82, 2.24) is 15.5 Å². The van der Waals surface area contributed by atoms with Crippen molar-refractivity contribution in [2.24, 2.45) is 0 Å². The van der Waals surface area contributed by atoms with Crippen LogP contribution in [0, 0.1) is 5.82 Å². The van der Waals surface area contributed by atoms with E-state index in [0.29, 0.717) is 5.56 Å². The van der Waals surface area contributed by atoms with Gasteiger partial charge in [-0.1, -0.05) is 17.7 Å². The van der Waals surface area contributed by atoms with E-state index in [-0.39, 0.29) is 23.4 Å². The molecule has 0 bridgehead atoms. The molecule has 3 rings (SSSR count). The number of fused-ring (bicyclic) bond motifs is 1. The first-order valence-corrected chi connectivity index (χ1v) is 7.24. The molecule has 0 aliphatic heterocycles. The van der Waals surface area contributed by atoms with Gasteiger partial charge in [0.05, 0.1) is 17.6 Å². The standard InChI is InChI=1S/C15H15ClFN3O/c16-12-4-1-9(5-13(12)17)6-15(21)19-11-3-2-10-8-18-20-14(10)7-11/h1,4-5,8,11H,2-3,6-7H2,(H,18,20)(H,19,21). The van der Waals surface area contributed by atoms with Crippen molar-refractivity contribution < 1.29 is 9.18 Å². The van der Waals surface area contributed by atoms with Gasteiger partial charge in [-0.05, 0) is 36.1 Å². The molecule has 1 heterocycles. The first-order valence-electron chi connectivity index (χ1n) is 6.86. The van der Waals surface area contributed by atoms with Crippen LogP contribution in [0.15, 0.2) is 24.4 Å². The van der Waals surface area contributed by atoms with E-state index >= 15 is 0 Å². The number of hydrogen-bond donors (Lipinski definition) is 2. The number of benzene rings is 1. The molecule has 0 spiro atoms. The van der Waals surface area contributed by atoms with Crippen LogP contribution in [0.1, 0.15) is 23.2 Å². The maximum Gasteiger partial charge on any atom is 0.224 e. The molecule has 2 aromatic rings. The number of nitrogens with one attached hydrogen (secondary N) is 2. The van der Waals surface area contributed by atoms with Gasteiger partial charge in [-0.25, -0.2) is 4.39 Å². The Morgan fingerprint density at radius 2 is 2.38 bits per heavy atom. The molecular weight excluding hydrogens is 293 g/mol. The zero-order valence-corrected chi connectivity index (χ0v) is 12.1. The number of rotatable bonds is 3. The smallest absolute Gasteiger partial charge is 0.224 e. The Hall–Kier alpha value is -1.88. The minimum absolute atomic E-state index is 0.0678. The number of H-pyrrole nitrogens is 1. The van der Waals surface area contributed by atoms with Gasteiger partial charge in [0.2, 0.25) is 5.91 Å². The fourth-order valence-corrected chi connectivity index (χ4v) is 2.76. The molecular formula is C15H15ClFN3O. The lowest BCUT2D eigenvalue weighted by Crippen LogP contribution is -2.39. The SMILES string of the molecule is O=C(Cc1ccc(Cl)c(F)c1)NC1CCc2cn[nH]c2C1. The van der Waals surface area contributed by atoms with E-state index in [1.54, 1.807) is 6.07 Å². The highest BCUT2D eigenvalue weighted by molar-refractivity contribution is 6.30. The summed E-state index contributed by atoms with van der Waals surface area (Å²) in [6, 6.07) is 4.54. The van der Waals surface area contributed by atoms with Crippen molar-refractivity contribution in [3.8, 4) is 0 Å². The molecule has 1 atom stereocenters. The number of nitrogens with zero attached hydrogens (tertiary/aromatic N) is 1. The van der Waals surface area contributed by atoms with E-state index in [1.807, 2.05) is 6.20 Å². The third-order valence-corrected chi connectivity index (χ3v) is 4.04. The van der Waals surface area contributed by atoms with E-state index in [1.165, 1.54) is 17.7 Å². The maximum absolute atomic E-state index is 13.3.